The molecule has 0 rings (SSSR count). The summed E-state index contributed by atoms with van der Waals surface area (Å²) in [5, 5.41) is 10.9. The number of hydrogen-bond acceptors (Lipinski definition) is 4. The minimum absolute atomic E-state index is 0.0241. The third-order valence-electron chi connectivity index (χ3n) is 1.17. The Morgan fingerprint density at radius 1 is 1.75 bits per heavy atom. The van der Waals surface area contributed by atoms with Crippen LogP contribution in [0.25, 0.3) is 0 Å². The SMILES string of the molecule is CCOC(=O)CN(C)C(N)=NO. The second-order valence-corrected chi connectivity index (χ2v) is 2.12. The monoisotopic (exact) mass is 175 g/mol. The van der Waals surface area contributed by atoms with Crippen molar-refractivity contribution in [3.63, 3.8) is 0 Å². The molecule has 0 unspecified atom stereocenters. The van der Waals surface area contributed by atoms with Crippen LogP contribution in [-0.2, 0) is 9.53 Å². The fourth-order valence-corrected chi connectivity index (χ4v) is 0.558. The summed E-state index contributed by atoms with van der Waals surface area (Å²) < 4.78 is 4.63. The van der Waals surface area contributed by atoms with Crippen LogP contribution in [0.3, 0.4) is 0 Å². The molecule has 3 N–H and O–H groups in total. The summed E-state index contributed by atoms with van der Waals surface area (Å²) in [5.74, 6) is -0.533. The first-order valence-electron chi connectivity index (χ1n) is 3.46. The van der Waals surface area contributed by atoms with E-state index in [1.165, 1.54) is 11.9 Å². The third kappa shape index (κ3) is 3.65. The van der Waals surface area contributed by atoms with Crippen molar-refractivity contribution >= 4 is 11.9 Å². The molecule has 0 aliphatic carbocycles. The second kappa shape index (κ2) is 5.22. The van der Waals surface area contributed by atoms with Crippen LogP contribution in [0.1, 0.15) is 6.92 Å². The number of guanidine groups is 1. The highest BCUT2D eigenvalue weighted by Crippen LogP contribution is 1.84. The largest absolute Gasteiger partial charge is 0.465 e. The van der Waals surface area contributed by atoms with Gasteiger partial charge in [-0.25, -0.2) is 0 Å². The standard InChI is InChI=1S/C6H13N3O3/c1-3-12-5(10)4-9(2)6(7)8-11/h11H,3-4H2,1-2H3,(H2,7,8). The molecule has 70 valence electrons. The number of oxime groups is 1. The zero-order valence-electron chi connectivity index (χ0n) is 7.15. The first-order valence-corrected chi connectivity index (χ1v) is 3.46. The molecule has 0 heterocycles. The number of rotatable bonds is 3. The van der Waals surface area contributed by atoms with E-state index in [1.54, 1.807) is 6.92 Å². The van der Waals surface area contributed by atoms with Gasteiger partial charge in [-0.1, -0.05) is 5.16 Å². The van der Waals surface area contributed by atoms with Gasteiger partial charge < -0.3 is 20.6 Å². The van der Waals surface area contributed by atoms with Gasteiger partial charge in [0.25, 0.3) is 0 Å². The predicted octanol–water partition coefficient (Wildman–Crippen LogP) is -0.815. The van der Waals surface area contributed by atoms with Gasteiger partial charge in [-0.15, -0.1) is 0 Å². The lowest BCUT2D eigenvalue weighted by Gasteiger charge is -2.14. The lowest BCUT2D eigenvalue weighted by atomic mass is 10.6. The molecule has 0 aliphatic heterocycles. The predicted molar refractivity (Wildman–Crippen MR) is 42.7 cm³/mol. The molecule has 0 aromatic rings. The number of carbonyl (C=O) groups is 1. The number of carbonyl (C=O) groups excluding carboxylic acids is 1. The van der Waals surface area contributed by atoms with E-state index in [0.717, 1.165) is 0 Å². The molecule has 0 bridgehead atoms. The number of nitrogens with zero attached hydrogens (tertiary/aromatic N) is 2. The number of nitrogens with two attached hydrogens (primary N) is 1. The quantitative estimate of drug-likeness (QED) is 0.192. The molecule has 0 saturated carbocycles. The number of ether oxygens (including phenoxy) is 1. The van der Waals surface area contributed by atoms with Gasteiger partial charge in [0.1, 0.15) is 6.54 Å². The minimum atomic E-state index is -0.411. The molecule has 0 aromatic heterocycles. The van der Waals surface area contributed by atoms with Crippen molar-refractivity contribution in [2.45, 2.75) is 6.92 Å². The summed E-state index contributed by atoms with van der Waals surface area (Å²) in [6, 6.07) is 0. The topological polar surface area (TPSA) is 88.2 Å². The number of likely N-dealkylation sites (N-methyl/N-ethyl adjacent to an activating group) is 1. The van der Waals surface area contributed by atoms with Crippen LogP contribution >= 0.6 is 0 Å². The molecule has 0 radical (unpaired) electrons. The molecule has 0 aromatic carbocycles. The Labute approximate surface area is 70.6 Å². The van der Waals surface area contributed by atoms with E-state index in [-0.39, 0.29) is 12.5 Å². The van der Waals surface area contributed by atoms with E-state index in [9.17, 15) is 4.79 Å². The normalized spacial score (nSPS) is 11.0. The summed E-state index contributed by atoms with van der Waals surface area (Å²) in [6.45, 7) is 2.01. The van der Waals surface area contributed by atoms with Crippen LogP contribution in [0, 0.1) is 0 Å². The van der Waals surface area contributed by atoms with Crippen LogP contribution in [0.2, 0.25) is 0 Å². The number of esters is 1. The van der Waals surface area contributed by atoms with Crippen molar-refractivity contribution in [2.24, 2.45) is 10.9 Å². The summed E-state index contributed by atoms with van der Waals surface area (Å²) in [4.78, 5) is 12.1. The molecular weight excluding hydrogens is 162 g/mol. The molecule has 0 spiro atoms. The molecule has 12 heavy (non-hydrogen) atoms. The fraction of sp³-hybridized carbons (Fsp3) is 0.667. The van der Waals surface area contributed by atoms with Gasteiger partial charge in [-0.3, -0.25) is 4.79 Å². The minimum Gasteiger partial charge on any atom is -0.465 e. The van der Waals surface area contributed by atoms with Crippen molar-refractivity contribution in [3.8, 4) is 0 Å². The van der Waals surface area contributed by atoms with Crippen LogP contribution < -0.4 is 5.73 Å². The Bertz CT molecular complexity index is 181. The molecule has 0 amide bonds. The summed E-state index contributed by atoms with van der Waals surface area (Å²) in [7, 11) is 1.52. The maximum atomic E-state index is 10.8. The first-order chi connectivity index (χ1) is 5.61. The van der Waals surface area contributed by atoms with Gasteiger partial charge in [0.2, 0.25) is 5.96 Å². The molecule has 0 saturated heterocycles. The van der Waals surface area contributed by atoms with Crippen molar-refractivity contribution in [3.05, 3.63) is 0 Å². The van der Waals surface area contributed by atoms with E-state index in [4.69, 9.17) is 10.9 Å². The lowest BCUT2D eigenvalue weighted by molar-refractivity contribution is -0.143. The van der Waals surface area contributed by atoms with Crippen LogP contribution in [0.5, 0.6) is 0 Å². The van der Waals surface area contributed by atoms with E-state index in [0.29, 0.717) is 6.61 Å². The second-order valence-electron chi connectivity index (χ2n) is 2.12. The van der Waals surface area contributed by atoms with Gasteiger partial charge in [0.15, 0.2) is 0 Å². The third-order valence-corrected chi connectivity index (χ3v) is 1.17. The Morgan fingerprint density at radius 2 is 2.33 bits per heavy atom. The summed E-state index contributed by atoms with van der Waals surface area (Å²) in [5.41, 5.74) is 5.18. The van der Waals surface area contributed by atoms with E-state index in [1.807, 2.05) is 0 Å². The maximum Gasteiger partial charge on any atom is 0.325 e. The van der Waals surface area contributed by atoms with Crippen LogP contribution in [-0.4, -0.2) is 42.2 Å². The van der Waals surface area contributed by atoms with Crippen molar-refractivity contribution in [1.29, 1.82) is 0 Å². The lowest BCUT2D eigenvalue weighted by Crippen LogP contribution is -2.38. The maximum absolute atomic E-state index is 10.8. The average molecular weight is 175 g/mol. The Balaban J connectivity index is 3.84. The molecular formula is C6H13N3O3. The van der Waals surface area contributed by atoms with Crippen molar-refractivity contribution < 1.29 is 14.7 Å². The molecule has 0 aliphatic rings. The van der Waals surface area contributed by atoms with Gasteiger partial charge in [-0.2, -0.15) is 0 Å². The molecule has 6 heteroatoms. The highest BCUT2D eigenvalue weighted by atomic mass is 16.5. The van der Waals surface area contributed by atoms with Gasteiger partial charge in [0.05, 0.1) is 6.61 Å². The fourth-order valence-electron chi connectivity index (χ4n) is 0.558. The van der Waals surface area contributed by atoms with Gasteiger partial charge >= 0.3 is 5.97 Å². The van der Waals surface area contributed by atoms with Crippen LogP contribution in [0.4, 0.5) is 0 Å². The van der Waals surface area contributed by atoms with Crippen molar-refractivity contribution in [1.82, 2.24) is 4.90 Å². The molecule has 0 atom stereocenters. The zero-order chi connectivity index (χ0) is 9.56. The van der Waals surface area contributed by atoms with E-state index < -0.39 is 5.97 Å². The van der Waals surface area contributed by atoms with Gasteiger partial charge in [-0.05, 0) is 6.92 Å². The van der Waals surface area contributed by atoms with Crippen molar-refractivity contribution in [2.75, 3.05) is 20.2 Å². The Kier molecular flexibility index (Phi) is 4.59. The average Bonchev–Trinajstić information content (AvgIpc) is 2.03. The molecule has 0 fully saturated rings. The summed E-state index contributed by atoms with van der Waals surface area (Å²) in [6.07, 6.45) is 0. The number of hydrogen-bond donors (Lipinski definition) is 2. The Hall–Kier alpha value is -1.46. The Morgan fingerprint density at radius 3 is 2.75 bits per heavy atom. The highest BCUT2D eigenvalue weighted by Gasteiger charge is 2.08. The van der Waals surface area contributed by atoms with E-state index >= 15 is 0 Å². The zero-order valence-corrected chi connectivity index (χ0v) is 7.15. The van der Waals surface area contributed by atoms with E-state index in [2.05, 4.69) is 9.89 Å². The smallest absolute Gasteiger partial charge is 0.325 e. The highest BCUT2D eigenvalue weighted by molar-refractivity contribution is 5.82. The first kappa shape index (κ1) is 10.5. The molecule has 6 nitrogen and oxygen atoms in total. The summed E-state index contributed by atoms with van der Waals surface area (Å²) >= 11 is 0. The van der Waals surface area contributed by atoms with Crippen LogP contribution in [0.15, 0.2) is 5.16 Å². The van der Waals surface area contributed by atoms with Gasteiger partial charge in [0, 0.05) is 7.05 Å².